The van der Waals surface area contributed by atoms with Gasteiger partial charge in [0, 0.05) is 12.1 Å². The Morgan fingerprint density at radius 3 is 2.24 bits per heavy atom. The summed E-state index contributed by atoms with van der Waals surface area (Å²) in [6.07, 6.45) is 2.30. The Hall–Kier alpha value is -1.34. The molecule has 0 aliphatic rings. The van der Waals surface area contributed by atoms with Gasteiger partial charge in [0.2, 0.25) is 0 Å². The van der Waals surface area contributed by atoms with E-state index >= 15 is 0 Å². The SMILES string of the molecule is CCC(C)(CNC(C)(C)C)Cc1cccc2ccccc12. The fourth-order valence-electron chi connectivity index (χ4n) is 2.70. The van der Waals surface area contributed by atoms with Crippen LogP contribution in [0.4, 0.5) is 0 Å². The zero-order valence-electron chi connectivity index (χ0n) is 14.2. The second kappa shape index (κ2) is 6.19. The van der Waals surface area contributed by atoms with Crippen LogP contribution >= 0.6 is 0 Å². The Morgan fingerprint density at radius 1 is 0.905 bits per heavy atom. The molecule has 0 spiro atoms. The molecule has 1 N–H and O–H groups in total. The van der Waals surface area contributed by atoms with Gasteiger partial charge in [-0.05, 0) is 55.4 Å². The van der Waals surface area contributed by atoms with Gasteiger partial charge in [0.15, 0.2) is 0 Å². The van der Waals surface area contributed by atoms with Crippen molar-refractivity contribution in [2.75, 3.05) is 6.54 Å². The zero-order chi connectivity index (χ0) is 15.5. The summed E-state index contributed by atoms with van der Waals surface area (Å²) in [6, 6.07) is 15.4. The molecular weight excluding hydrogens is 254 g/mol. The largest absolute Gasteiger partial charge is 0.312 e. The molecule has 1 nitrogen and oxygen atoms in total. The summed E-state index contributed by atoms with van der Waals surface area (Å²) in [5.74, 6) is 0. The highest BCUT2D eigenvalue weighted by Crippen LogP contribution is 2.30. The van der Waals surface area contributed by atoms with Gasteiger partial charge >= 0.3 is 0 Å². The Labute approximate surface area is 129 Å². The summed E-state index contributed by atoms with van der Waals surface area (Å²) in [5, 5.41) is 6.42. The average Bonchev–Trinajstić information content (AvgIpc) is 2.45. The van der Waals surface area contributed by atoms with Gasteiger partial charge in [0.1, 0.15) is 0 Å². The van der Waals surface area contributed by atoms with E-state index in [1.807, 2.05) is 0 Å². The molecule has 0 bridgehead atoms. The van der Waals surface area contributed by atoms with Crippen LogP contribution in [0.5, 0.6) is 0 Å². The minimum Gasteiger partial charge on any atom is -0.312 e. The topological polar surface area (TPSA) is 12.0 Å². The van der Waals surface area contributed by atoms with Crippen molar-refractivity contribution in [2.45, 2.75) is 53.0 Å². The number of benzene rings is 2. The van der Waals surface area contributed by atoms with E-state index in [0.717, 1.165) is 13.0 Å². The van der Waals surface area contributed by atoms with E-state index in [4.69, 9.17) is 0 Å². The second-order valence-electron chi connectivity index (χ2n) is 7.58. The number of rotatable bonds is 5. The first-order valence-corrected chi connectivity index (χ1v) is 8.05. The molecule has 0 radical (unpaired) electrons. The first-order valence-electron chi connectivity index (χ1n) is 8.05. The molecule has 0 saturated carbocycles. The lowest BCUT2D eigenvalue weighted by atomic mass is 9.79. The highest BCUT2D eigenvalue weighted by Gasteiger charge is 2.25. The molecule has 0 aromatic heterocycles. The van der Waals surface area contributed by atoms with Crippen LogP contribution in [0.15, 0.2) is 42.5 Å². The molecule has 0 heterocycles. The summed E-state index contributed by atoms with van der Waals surface area (Å²) in [7, 11) is 0. The van der Waals surface area contributed by atoms with E-state index in [9.17, 15) is 0 Å². The normalized spacial score (nSPS) is 15.1. The molecule has 0 aliphatic carbocycles. The van der Waals surface area contributed by atoms with Crippen LogP contribution in [-0.2, 0) is 6.42 Å². The van der Waals surface area contributed by atoms with Crippen LogP contribution in [0.2, 0.25) is 0 Å². The number of hydrogen-bond donors (Lipinski definition) is 1. The van der Waals surface area contributed by atoms with Crippen molar-refractivity contribution in [1.29, 1.82) is 0 Å². The van der Waals surface area contributed by atoms with Crippen molar-refractivity contribution in [1.82, 2.24) is 5.32 Å². The third-order valence-electron chi connectivity index (χ3n) is 4.40. The van der Waals surface area contributed by atoms with Crippen molar-refractivity contribution in [3.8, 4) is 0 Å². The van der Waals surface area contributed by atoms with Gasteiger partial charge in [-0.15, -0.1) is 0 Å². The molecule has 1 heteroatoms. The van der Waals surface area contributed by atoms with Crippen LogP contribution in [0.25, 0.3) is 10.8 Å². The molecule has 2 aromatic rings. The third-order valence-corrected chi connectivity index (χ3v) is 4.40. The van der Waals surface area contributed by atoms with Gasteiger partial charge < -0.3 is 5.32 Å². The first-order chi connectivity index (χ1) is 9.83. The predicted molar refractivity (Wildman–Crippen MR) is 93.8 cm³/mol. The fraction of sp³-hybridized carbons (Fsp3) is 0.500. The minimum absolute atomic E-state index is 0.176. The lowest BCUT2D eigenvalue weighted by Gasteiger charge is -2.33. The quantitative estimate of drug-likeness (QED) is 0.796. The molecule has 21 heavy (non-hydrogen) atoms. The maximum Gasteiger partial charge on any atom is 0.00967 e. The van der Waals surface area contributed by atoms with E-state index in [0.29, 0.717) is 0 Å². The molecule has 0 fully saturated rings. The van der Waals surface area contributed by atoms with Crippen LogP contribution in [-0.4, -0.2) is 12.1 Å². The Kier molecular flexibility index (Phi) is 4.73. The molecule has 0 saturated heterocycles. The van der Waals surface area contributed by atoms with Crippen LogP contribution in [0.3, 0.4) is 0 Å². The van der Waals surface area contributed by atoms with E-state index < -0.39 is 0 Å². The summed E-state index contributed by atoms with van der Waals surface area (Å²) in [6.45, 7) is 12.5. The maximum atomic E-state index is 3.68. The van der Waals surface area contributed by atoms with Crippen LogP contribution < -0.4 is 5.32 Å². The molecule has 1 atom stereocenters. The summed E-state index contributed by atoms with van der Waals surface area (Å²) in [5.41, 5.74) is 1.93. The van der Waals surface area contributed by atoms with E-state index in [2.05, 4.69) is 82.4 Å². The lowest BCUT2D eigenvalue weighted by molar-refractivity contribution is 0.255. The van der Waals surface area contributed by atoms with Gasteiger partial charge in [0.05, 0.1) is 0 Å². The van der Waals surface area contributed by atoms with Crippen LogP contribution in [0.1, 0.15) is 46.6 Å². The number of hydrogen-bond acceptors (Lipinski definition) is 1. The van der Waals surface area contributed by atoms with E-state index in [1.165, 1.54) is 22.8 Å². The summed E-state index contributed by atoms with van der Waals surface area (Å²) >= 11 is 0. The number of fused-ring (bicyclic) bond motifs is 1. The van der Waals surface area contributed by atoms with Gasteiger partial charge in [0.25, 0.3) is 0 Å². The highest BCUT2D eigenvalue weighted by molar-refractivity contribution is 5.85. The van der Waals surface area contributed by atoms with Gasteiger partial charge in [-0.25, -0.2) is 0 Å². The second-order valence-corrected chi connectivity index (χ2v) is 7.58. The Morgan fingerprint density at radius 2 is 1.57 bits per heavy atom. The van der Waals surface area contributed by atoms with Crippen molar-refractivity contribution in [3.63, 3.8) is 0 Å². The fourth-order valence-corrected chi connectivity index (χ4v) is 2.70. The van der Waals surface area contributed by atoms with Gasteiger partial charge in [-0.2, -0.15) is 0 Å². The van der Waals surface area contributed by atoms with Crippen molar-refractivity contribution in [3.05, 3.63) is 48.0 Å². The van der Waals surface area contributed by atoms with Crippen molar-refractivity contribution in [2.24, 2.45) is 5.41 Å². The van der Waals surface area contributed by atoms with Crippen LogP contribution in [0, 0.1) is 5.41 Å². The first kappa shape index (κ1) is 16.0. The Bertz CT molecular complexity index is 589. The van der Waals surface area contributed by atoms with Crippen molar-refractivity contribution >= 4 is 10.8 Å². The smallest absolute Gasteiger partial charge is 0.00967 e. The molecule has 2 aromatic carbocycles. The van der Waals surface area contributed by atoms with E-state index in [-0.39, 0.29) is 11.0 Å². The Balaban J connectivity index is 2.24. The maximum absolute atomic E-state index is 3.68. The van der Waals surface area contributed by atoms with E-state index in [1.54, 1.807) is 0 Å². The predicted octanol–water partition coefficient (Wildman–Crippen LogP) is 5.19. The third kappa shape index (κ3) is 4.31. The molecule has 1 unspecified atom stereocenters. The molecule has 2 rings (SSSR count). The molecule has 114 valence electrons. The van der Waals surface area contributed by atoms with Gasteiger partial charge in [-0.3, -0.25) is 0 Å². The summed E-state index contributed by atoms with van der Waals surface area (Å²) < 4.78 is 0. The van der Waals surface area contributed by atoms with Crippen molar-refractivity contribution < 1.29 is 0 Å². The monoisotopic (exact) mass is 283 g/mol. The molecular formula is C20H29N. The lowest BCUT2D eigenvalue weighted by Crippen LogP contribution is -2.43. The average molecular weight is 283 g/mol. The zero-order valence-corrected chi connectivity index (χ0v) is 14.2. The molecule has 0 aliphatic heterocycles. The van der Waals surface area contributed by atoms with Gasteiger partial charge in [-0.1, -0.05) is 56.3 Å². The highest BCUT2D eigenvalue weighted by atomic mass is 15.0. The molecule has 0 amide bonds. The standard InChI is InChI=1S/C20H29N/c1-6-20(5,15-21-19(2,3)4)14-17-12-9-11-16-10-7-8-13-18(16)17/h7-13,21H,6,14-15H2,1-5H3. The summed E-state index contributed by atoms with van der Waals surface area (Å²) in [4.78, 5) is 0. The minimum atomic E-state index is 0.176. The number of nitrogens with one attached hydrogen (secondary N) is 1.